The number of benzene rings is 1. The van der Waals surface area contributed by atoms with Crippen LogP contribution in [-0.4, -0.2) is 31.6 Å². The summed E-state index contributed by atoms with van der Waals surface area (Å²) in [6.45, 7) is -0.165. The highest BCUT2D eigenvalue weighted by molar-refractivity contribution is 7.91. The van der Waals surface area contributed by atoms with Gasteiger partial charge >= 0.3 is 6.18 Å². The molecule has 2 unspecified atom stereocenters. The number of hydrogen-bond donors (Lipinski definition) is 1. The summed E-state index contributed by atoms with van der Waals surface area (Å²) in [4.78, 5) is 0. The molecular formula is C14H17F3O3S. The molecule has 21 heavy (non-hydrogen) atoms. The zero-order chi connectivity index (χ0) is 15.7. The van der Waals surface area contributed by atoms with Crippen LogP contribution in [-0.2, 0) is 22.4 Å². The fourth-order valence-corrected chi connectivity index (χ4v) is 4.63. The fourth-order valence-electron chi connectivity index (χ4n) is 2.71. The Hall–Kier alpha value is -1.08. The lowest BCUT2D eigenvalue weighted by atomic mass is 9.87. The van der Waals surface area contributed by atoms with Crippen molar-refractivity contribution >= 4 is 9.84 Å². The van der Waals surface area contributed by atoms with E-state index >= 15 is 0 Å². The zero-order valence-corrected chi connectivity index (χ0v) is 12.1. The summed E-state index contributed by atoms with van der Waals surface area (Å²) in [7, 11) is -3.03. The van der Waals surface area contributed by atoms with E-state index in [-0.39, 0.29) is 29.9 Å². The summed E-state index contributed by atoms with van der Waals surface area (Å²) in [6.07, 6.45) is -3.47. The van der Waals surface area contributed by atoms with Crippen LogP contribution in [0.3, 0.4) is 0 Å². The van der Waals surface area contributed by atoms with E-state index in [0.717, 1.165) is 12.1 Å². The molecule has 0 bridgehead atoms. The van der Waals surface area contributed by atoms with Crippen LogP contribution in [0.15, 0.2) is 24.3 Å². The monoisotopic (exact) mass is 322 g/mol. The first kappa shape index (κ1) is 16.3. The van der Waals surface area contributed by atoms with Gasteiger partial charge in [-0.05, 0) is 42.4 Å². The average molecular weight is 322 g/mol. The molecule has 1 aromatic carbocycles. The molecule has 0 spiro atoms. The van der Waals surface area contributed by atoms with Gasteiger partial charge in [0.2, 0.25) is 0 Å². The predicted molar refractivity (Wildman–Crippen MR) is 72.5 cm³/mol. The molecule has 2 rings (SSSR count). The minimum atomic E-state index is -4.37. The smallest absolute Gasteiger partial charge is 0.396 e. The molecule has 7 heteroatoms. The summed E-state index contributed by atoms with van der Waals surface area (Å²) in [5.74, 6) is -0.179. The second kappa shape index (κ2) is 5.96. The van der Waals surface area contributed by atoms with Crippen molar-refractivity contribution < 1.29 is 26.7 Å². The lowest BCUT2D eigenvalue weighted by molar-refractivity contribution is -0.137. The van der Waals surface area contributed by atoms with Gasteiger partial charge in [-0.25, -0.2) is 8.42 Å². The van der Waals surface area contributed by atoms with Crippen molar-refractivity contribution in [3.63, 3.8) is 0 Å². The quantitative estimate of drug-likeness (QED) is 0.925. The third-order valence-electron chi connectivity index (χ3n) is 3.95. The zero-order valence-electron chi connectivity index (χ0n) is 11.3. The first-order valence-electron chi connectivity index (χ1n) is 6.69. The number of halogens is 3. The fraction of sp³-hybridized carbons (Fsp3) is 0.571. The highest BCUT2D eigenvalue weighted by Gasteiger charge is 2.34. The SMILES string of the molecule is O=S1(=O)CCC(C(CO)Cc2ccc(C(F)(F)F)cc2)C1. The van der Waals surface area contributed by atoms with E-state index in [1.165, 1.54) is 12.1 Å². The molecule has 2 atom stereocenters. The molecule has 118 valence electrons. The number of aliphatic hydroxyl groups excluding tert-OH is 1. The largest absolute Gasteiger partial charge is 0.416 e. The Balaban J connectivity index is 2.06. The van der Waals surface area contributed by atoms with Gasteiger partial charge in [0.1, 0.15) is 0 Å². The van der Waals surface area contributed by atoms with Crippen LogP contribution < -0.4 is 0 Å². The molecular weight excluding hydrogens is 305 g/mol. The van der Waals surface area contributed by atoms with Crippen molar-refractivity contribution in [2.45, 2.75) is 19.0 Å². The van der Waals surface area contributed by atoms with Crippen molar-refractivity contribution in [3.05, 3.63) is 35.4 Å². The van der Waals surface area contributed by atoms with E-state index in [2.05, 4.69) is 0 Å². The van der Waals surface area contributed by atoms with Crippen molar-refractivity contribution in [1.29, 1.82) is 0 Å². The van der Waals surface area contributed by atoms with E-state index in [9.17, 15) is 26.7 Å². The molecule has 1 aliphatic rings. The van der Waals surface area contributed by atoms with Crippen molar-refractivity contribution in [2.24, 2.45) is 11.8 Å². The molecule has 0 aromatic heterocycles. The van der Waals surface area contributed by atoms with Gasteiger partial charge in [0.15, 0.2) is 9.84 Å². The average Bonchev–Trinajstić information content (AvgIpc) is 2.75. The van der Waals surface area contributed by atoms with Crippen LogP contribution in [0.2, 0.25) is 0 Å². The minimum absolute atomic E-state index is 0.0544. The van der Waals surface area contributed by atoms with Gasteiger partial charge in [-0.1, -0.05) is 12.1 Å². The molecule has 0 saturated carbocycles. The minimum Gasteiger partial charge on any atom is -0.396 e. The molecule has 0 radical (unpaired) electrons. The lowest BCUT2D eigenvalue weighted by Gasteiger charge is -2.20. The standard InChI is InChI=1S/C14H17F3O3S/c15-14(16,17)13-3-1-10(2-4-13)7-12(8-18)11-5-6-21(19,20)9-11/h1-4,11-12,18H,5-9H2. The Kier molecular flexibility index (Phi) is 4.63. The predicted octanol–water partition coefficient (Wildman–Crippen LogP) is 2.29. The first-order valence-corrected chi connectivity index (χ1v) is 8.51. The molecule has 1 aromatic rings. The summed E-state index contributed by atoms with van der Waals surface area (Å²) in [5, 5.41) is 9.43. The van der Waals surface area contributed by atoms with Crippen LogP contribution in [0.25, 0.3) is 0 Å². The summed E-state index contributed by atoms with van der Waals surface area (Å²) in [5.41, 5.74) is -0.0402. The molecule has 1 N–H and O–H groups in total. The van der Waals surface area contributed by atoms with Gasteiger partial charge in [-0.15, -0.1) is 0 Å². The van der Waals surface area contributed by atoms with Gasteiger partial charge in [0.25, 0.3) is 0 Å². The molecule has 1 fully saturated rings. The Labute approximate surface area is 121 Å². The topological polar surface area (TPSA) is 54.4 Å². The van der Waals surface area contributed by atoms with Crippen molar-refractivity contribution in [3.8, 4) is 0 Å². The summed E-state index contributed by atoms with van der Waals surface area (Å²) >= 11 is 0. The van der Waals surface area contributed by atoms with Crippen LogP contribution in [0.1, 0.15) is 17.5 Å². The van der Waals surface area contributed by atoms with Crippen LogP contribution in [0, 0.1) is 11.8 Å². The number of sulfone groups is 1. The number of rotatable bonds is 4. The van der Waals surface area contributed by atoms with Gasteiger partial charge < -0.3 is 5.11 Å². The molecule has 3 nitrogen and oxygen atoms in total. The highest BCUT2D eigenvalue weighted by Crippen LogP contribution is 2.31. The molecule has 0 amide bonds. The highest BCUT2D eigenvalue weighted by atomic mass is 32.2. The molecule has 1 heterocycles. The second-order valence-electron chi connectivity index (χ2n) is 5.50. The molecule has 1 aliphatic heterocycles. The Morgan fingerprint density at radius 3 is 2.29 bits per heavy atom. The summed E-state index contributed by atoms with van der Waals surface area (Å²) in [6, 6.07) is 4.79. The Bertz CT molecular complexity index is 578. The van der Waals surface area contributed by atoms with E-state index in [1.807, 2.05) is 0 Å². The maximum atomic E-state index is 12.5. The van der Waals surface area contributed by atoms with Crippen LogP contribution in [0.5, 0.6) is 0 Å². The maximum Gasteiger partial charge on any atom is 0.416 e. The van der Waals surface area contributed by atoms with Crippen LogP contribution >= 0.6 is 0 Å². The molecule has 1 saturated heterocycles. The number of alkyl halides is 3. The maximum absolute atomic E-state index is 12.5. The third-order valence-corrected chi connectivity index (χ3v) is 5.74. The first-order chi connectivity index (χ1) is 9.71. The van der Waals surface area contributed by atoms with Crippen molar-refractivity contribution in [2.75, 3.05) is 18.1 Å². The van der Waals surface area contributed by atoms with Gasteiger partial charge in [-0.3, -0.25) is 0 Å². The summed E-state index contributed by atoms with van der Waals surface area (Å²) < 4.78 is 60.3. The van der Waals surface area contributed by atoms with E-state index in [0.29, 0.717) is 18.4 Å². The second-order valence-corrected chi connectivity index (χ2v) is 7.73. The van der Waals surface area contributed by atoms with E-state index in [1.54, 1.807) is 0 Å². The van der Waals surface area contributed by atoms with Crippen LogP contribution in [0.4, 0.5) is 13.2 Å². The van der Waals surface area contributed by atoms with E-state index < -0.39 is 21.6 Å². The van der Waals surface area contributed by atoms with E-state index in [4.69, 9.17) is 0 Å². The number of hydrogen-bond acceptors (Lipinski definition) is 3. The van der Waals surface area contributed by atoms with Crippen molar-refractivity contribution in [1.82, 2.24) is 0 Å². The van der Waals surface area contributed by atoms with Gasteiger partial charge in [-0.2, -0.15) is 13.2 Å². The lowest BCUT2D eigenvalue weighted by Crippen LogP contribution is -2.22. The number of aliphatic hydroxyl groups is 1. The van der Waals surface area contributed by atoms with Gasteiger partial charge in [0, 0.05) is 6.61 Å². The Morgan fingerprint density at radius 1 is 1.24 bits per heavy atom. The Morgan fingerprint density at radius 2 is 1.86 bits per heavy atom. The third kappa shape index (κ3) is 4.20. The normalized spacial score (nSPS) is 23.1. The molecule has 0 aliphatic carbocycles. The van der Waals surface area contributed by atoms with Gasteiger partial charge in [0.05, 0.1) is 17.1 Å².